The van der Waals surface area contributed by atoms with Gasteiger partial charge >= 0.3 is 0 Å². The van der Waals surface area contributed by atoms with Crippen molar-refractivity contribution in [2.45, 2.75) is 52.0 Å². The third-order valence-corrected chi connectivity index (χ3v) is 4.33. The summed E-state index contributed by atoms with van der Waals surface area (Å²) in [7, 11) is 0.518. The number of hydrogen-bond donors (Lipinski definition) is 0. The average Bonchev–Trinajstić information content (AvgIpc) is 2.04. The van der Waals surface area contributed by atoms with Crippen molar-refractivity contribution in [3.8, 4) is 0 Å². The van der Waals surface area contributed by atoms with Crippen molar-refractivity contribution in [2.24, 2.45) is 5.92 Å². The van der Waals surface area contributed by atoms with E-state index >= 15 is 0 Å². The molecule has 1 atom stereocenters. The van der Waals surface area contributed by atoms with Gasteiger partial charge in [-0.2, -0.15) is 0 Å². The molecule has 71 valence electrons. The molecule has 1 heteroatoms. The van der Waals surface area contributed by atoms with Crippen LogP contribution in [0.2, 0.25) is 5.04 Å². The topological polar surface area (TPSA) is 0 Å². The van der Waals surface area contributed by atoms with Gasteiger partial charge in [-0.3, -0.25) is 0 Å². The molecule has 12 heavy (non-hydrogen) atoms. The summed E-state index contributed by atoms with van der Waals surface area (Å²) in [5.41, 5.74) is 2.51. The predicted molar refractivity (Wildman–Crippen MR) is 61.3 cm³/mol. The zero-order chi connectivity index (χ0) is 9.61. The normalized spacial score (nSPS) is 15.4. The van der Waals surface area contributed by atoms with E-state index < -0.39 is 0 Å². The first kappa shape index (κ1) is 12.1. The number of hydrogen-bond acceptors (Lipinski definition) is 0. The zero-order valence-corrected chi connectivity index (χ0v) is 10.2. The summed E-state index contributed by atoms with van der Waals surface area (Å²) < 4.78 is 0. The molecule has 0 aliphatic rings. The Morgan fingerprint density at radius 2 is 2.08 bits per heavy atom. The van der Waals surface area contributed by atoms with Gasteiger partial charge in [0, 0.05) is 0 Å². The van der Waals surface area contributed by atoms with Crippen LogP contribution in [0.1, 0.15) is 47.0 Å². The van der Waals surface area contributed by atoms with Crippen LogP contribution in [-0.4, -0.2) is 14.8 Å². The summed E-state index contributed by atoms with van der Waals surface area (Å²) in [4.78, 5) is 0. The lowest BCUT2D eigenvalue weighted by atomic mass is 10.1. The summed E-state index contributed by atoms with van der Waals surface area (Å²) in [5, 5.41) is 0.584. The maximum Gasteiger partial charge on any atom is -0.00585 e. The molecule has 0 nitrogen and oxygen atoms in total. The summed E-state index contributed by atoms with van der Waals surface area (Å²) in [5.74, 6) is 0.783. The van der Waals surface area contributed by atoms with Gasteiger partial charge in [0.15, 0.2) is 0 Å². The lowest BCUT2D eigenvalue weighted by molar-refractivity contribution is 0.623. The van der Waals surface area contributed by atoms with Crippen LogP contribution in [0.3, 0.4) is 0 Å². The molecule has 0 aliphatic heterocycles. The lowest BCUT2D eigenvalue weighted by Crippen LogP contribution is -2.08. The molecule has 0 saturated carbocycles. The second kappa shape index (κ2) is 5.68. The van der Waals surface area contributed by atoms with E-state index in [0.29, 0.717) is 14.2 Å². The quantitative estimate of drug-likeness (QED) is 0.575. The van der Waals surface area contributed by atoms with Gasteiger partial charge in [0.1, 0.15) is 0 Å². The highest BCUT2D eigenvalue weighted by molar-refractivity contribution is 6.50. The van der Waals surface area contributed by atoms with Crippen LogP contribution in [0.5, 0.6) is 0 Å². The molecule has 0 spiro atoms. The third kappa shape index (κ3) is 5.70. The van der Waals surface area contributed by atoms with Crippen LogP contribution in [0.15, 0.2) is 0 Å². The Bertz CT molecular complexity index is 136. The van der Waals surface area contributed by atoms with E-state index in [4.69, 9.17) is 0 Å². The highest BCUT2D eigenvalue weighted by atomic mass is 28.2. The van der Waals surface area contributed by atoms with E-state index in [1.807, 2.05) is 0 Å². The van der Waals surface area contributed by atoms with Gasteiger partial charge in [-0.15, -0.1) is 5.67 Å². The van der Waals surface area contributed by atoms with Crippen LogP contribution in [0.4, 0.5) is 0 Å². The Labute approximate surface area is 80.2 Å². The molecular weight excluding hydrogens is 160 g/mol. The Hall–Kier alpha value is 0.0869. The Morgan fingerprint density at radius 1 is 1.50 bits per heavy atom. The van der Waals surface area contributed by atoms with Crippen molar-refractivity contribution in [1.29, 1.82) is 0 Å². The molecule has 0 amide bonds. The van der Waals surface area contributed by atoms with E-state index in [2.05, 4.69) is 40.3 Å². The molecule has 0 bridgehead atoms. The largest absolute Gasteiger partial charge is 0.106 e. The first-order chi connectivity index (χ1) is 5.52. The standard InChI is InChI=1S/C11H23Si/c1-6-10(3)8-9-12-11(4,5)7-2/h9-10,12H,1,6-8H2,2-5H3. The molecule has 0 aromatic rings. The van der Waals surface area contributed by atoms with Crippen molar-refractivity contribution >= 4 is 14.8 Å². The average molecular weight is 183 g/mol. The maximum absolute atomic E-state index is 3.91. The minimum Gasteiger partial charge on any atom is -0.106 e. The molecule has 0 heterocycles. The molecule has 0 rings (SSSR count). The molecule has 0 aromatic heterocycles. The van der Waals surface area contributed by atoms with Gasteiger partial charge in [0.25, 0.3) is 0 Å². The second-order valence-corrected chi connectivity index (χ2v) is 6.74. The van der Waals surface area contributed by atoms with E-state index in [0.717, 1.165) is 12.3 Å². The van der Waals surface area contributed by atoms with Crippen LogP contribution < -0.4 is 0 Å². The maximum atomic E-state index is 3.91. The smallest absolute Gasteiger partial charge is 0.00585 e. The first-order valence-corrected chi connectivity index (χ1v) is 6.23. The van der Waals surface area contributed by atoms with Gasteiger partial charge in [-0.25, -0.2) is 0 Å². The molecule has 0 saturated heterocycles. The van der Waals surface area contributed by atoms with Crippen LogP contribution >= 0.6 is 0 Å². The Balaban J connectivity index is 3.75. The fraction of sp³-hybridized carbons (Fsp3) is 0.818. The molecular formula is C11H23Si. The van der Waals surface area contributed by atoms with E-state index in [-0.39, 0.29) is 0 Å². The van der Waals surface area contributed by atoms with Crippen molar-refractivity contribution in [1.82, 2.24) is 0 Å². The second-order valence-electron chi connectivity index (χ2n) is 4.37. The molecule has 0 aliphatic carbocycles. The zero-order valence-electron chi connectivity index (χ0n) is 9.06. The third-order valence-electron chi connectivity index (χ3n) is 2.51. The van der Waals surface area contributed by atoms with Gasteiger partial charge in [-0.05, 0) is 26.5 Å². The summed E-state index contributed by atoms with van der Waals surface area (Å²) in [6, 6.07) is 0. The predicted octanol–water partition coefficient (Wildman–Crippen LogP) is 3.08. The minimum absolute atomic E-state index is 0.518. The first-order valence-electron chi connectivity index (χ1n) is 4.98. The van der Waals surface area contributed by atoms with E-state index in [9.17, 15) is 0 Å². The Morgan fingerprint density at radius 3 is 2.50 bits per heavy atom. The summed E-state index contributed by atoms with van der Waals surface area (Å²) in [6.07, 6.45) is 3.64. The van der Waals surface area contributed by atoms with E-state index in [1.165, 1.54) is 12.8 Å². The molecule has 1 unspecified atom stereocenters. The summed E-state index contributed by atoms with van der Waals surface area (Å²) >= 11 is 0. The molecule has 1 radical (unpaired) electrons. The molecule has 0 aromatic carbocycles. The van der Waals surface area contributed by atoms with Crippen LogP contribution in [-0.2, 0) is 0 Å². The number of rotatable bonds is 5. The molecule has 0 fully saturated rings. The fourth-order valence-electron chi connectivity index (χ4n) is 0.855. The Kier molecular flexibility index (Phi) is 5.73. The van der Waals surface area contributed by atoms with Gasteiger partial charge in [0.2, 0.25) is 0 Å². The van der Waals surface area contributed by atoms with Crippen LogP contribution in [0, 0.1) is 12.8 Å². The lowest BCUT2D eigenvalue weighted by Gasteiger charge is -2.16. The van der Waals surface area contributed by atoms with E-state index in [1.54, 1.807) is 0 Å². The monoisotopic (exact) mass is 183 g/mol. The highest BCUT2D eigenvalue weighted by Gasteiger charge is 2.09. The van der Waals surface area contributed by atoms with Gasteiger partial charge in [-0.1, -0.05) is 47.5 Å². The fourth-order valence-corrected chi connectivity index (χ4v) is 2.33. The van der Waals surface area contributed by atoms with Gasteiger partial charge < -0.3 is 0 Å². The van der Waals surface area contributed by atoms with Crippen molar-refractivity contribution < 1.29 is 0 Å². The van der Waals surface area contributed by atoms with Crippen molar-refractivity contribution in [3.63, 3.8) is 0 Å². The van der Waals surface area contributed by atoms with Crippen molar-refractivity contribution in [3.05, 3.63) is 6.92 Å². The van der Waals surface area contributed by atoms with Crippen LogP contribution in [0.25, 0.3) is 0 Å². The summed E-state index contributed by atoms with van der Waals surface area (Å²) in [6.45, 7) is 13.2. The van der Waals surface area contributed by atoms with Crippen molar-refractivity contribution in [2.75, 3.05) is 0 Å². The van der Waals surface area contributed by atoms with Gasteiger partial charge in [0.05, 0.1) is 0 Å². The molecule has 0 N–H and O–H groups in total. The highest BCUT2D eigenvalue weighted by Crippen LogP contribution is 2.23. The SMILES string of the molecule is [CH2]CC(C)CC=[SiH]C(C)(C)CC. The minimum atomic E-state index is 0.518.